The number of fused-ring (bicyclic) bond motifs is 1. The predicted molar refractivity (Wildman–Crippen MR) is 86.2 cm³/mol. The van der Waals surface area contributed by atoms with Crippen molar-refractivity contribution in [3.05, 3.63) is 28.2 Å². The minimum atomic E-state index is 0.123. The first-order valence-corrected chi connectivity index (χ1v) is 8.36. The highest BCUT2D eigenvalue weighted by atomic mass is 79.9. The Labute approximate surface area is 134 Å². The Morgan fingerprint density at radius 3 is 2.90 bits per heavy atom. The maximum atomic E-state index is 12.1. The van der Waals surface area contributed by atoms with E-state index in [4.69, 9.17) is 4.74 Å². The van der Waals surface area contributed by atoms with Crippen LogP contribution in [0.25, 0.3) is 0 Å². The summed E-state index contributed by atoms with van der Waals surface area (Å²) in [5.41, 5.74) is 2.22. The summed E-state index contributed by atoms with van der Waals surface area (Å²) >= 11 is 3.54. The molecule has 2 aliphatic rings. The number of nitrogens with zero attached hydrogens (tertiary/aromatic N) is 1. The van der Waals surface area contributed by atoms with E-state index in [-0.39, 0.29) is 24.2 Å². The van der Waals surface area contributed by atoms with Crippen LogP contribution in [0.3, 0.4) is 0 Å². The highest BCUT2D eigenvalue weighted by Gasteiger charge is 2.37. The standard InChI is InChI=1S/C16H21BrN2O2/c1-3-4-12-8-14(18-16-9-21-16)13-7-11(17)5-6-15(13)19(12)10(2)20/h5-7,12,14,16,18H,3-4,8-9H2,1-2H3. The zero-order chi connectivity index (χ0) is 15.0. The Balaban J connectivity index is 1.99. The van der Waals surface area contributed by atoms with E-state index in [1.807, 2.05) is 17.0 Å². The molecule has 1 fully saturated rings. The fraction of sp³-hybridized carbons (Fsp3) is 0.562. The number of amides is 1. The third-order valence-corrected chi connectivity index (χ3v) is 4.67. The van der Waals surface area contributed by atoms with E-state index >= 15 is 0 Å². The van der Waals surface area contributed by atoms with Gasteiger partial charge in [-0.25, -0.2) is 0 Å². The van der Waals surface area contributed by atoms with Gasteiger partial charge in [-0.3, -0.25) is 10.1 Å². The third-order valence-electron chi connectivity index (χ3n) is 4.18. The molecule has 0 saturated carbocycles. The van der Waals surface area contributed by atoms with Crippen LogP contribution in [0.5, 0.6) is 0 Å². The number of anilines is 1. The SMILES string of the molecule is CCCC1CC(NC2CO2)c2cc(Br)ccc2N1C(C)=O. The second kappa shape index (κ2) is 6.07. The Morgan fingerprint density at radius 1 is 1.52 bits per heavy atom. The van der Waals surface area contributed by atoms with Crippen LogP contribution in [0.1, 0.15) is 44.7 Å². The smallest absolute Gasteiger partial charge is 0.224 e. The highest BCUT2D eigenvalue weighted by molar-refractivity contribution is 9.10. The minimum absolute atomic E-state index is 0.123. The number of carbonyl (C=O) groups excluding carboxylic acids is 1. The average Bonchev–Trinajstić information content (AvgIpc) is 3.23. The number of epoxide rings is 1. The fourth-order valence-corrected chi connectivity index (χ4v) is 3.64. The van der Waals surface area contributed by atoms with E-state index < -0.39 is 0 Å². The lowest BCUT2D eigenvalue weighted by Gasteiger charge is -2.41. The maximum absolute atomic E-state index is 12.1. The molecule has 5 heteroatoms. The molecule has 0 bridgehead atoms. The van der Waals surface area contributed by atoms with Gasteiger partial charge in [0.15, 0.2) is 0 Å². The molecule has 0 radical (unpaired) electrons. The Kier molecular flexibility index (Phi) is 4.33. The average molecular weight is 353 g/mol. The Morgan fingerprint density at radius 2 is 2.29 bits per heavy atom. The molecule has 114 valence electrons. The number of nitrogens with one attached hydrogen (secondary N) is 1. The lowest BCUT2D eigenvalue weighted by molar-refractivity contribution is -0.117. The van der Waals surface area contributed by atoms with E-state index in [2.05, 4.69) is 34.2 Å². The fourth-order valence-electron chi connectivity index (χ4n) is 3.26. The highest BCUT2D eigenvalue weighted by Crippen LogP contribution is 2.40. The Bertz CT molecular complexity index is 545. The molecule has 1 amide bonds. The van der Waals surface area contributed by atoms with E-state index in [1.165, 1.54) is 5.56 Å². The molecule has 3 rings (SSSR count). The van der Waals surface area contributed by atoms with Crippen LogP contribution in [0.15, 0.2) is 22.7 Å². The molecule has 21 heavy (non-hydrogen) atoms. The largest absolute Gasteiger partial charge is 0.357 e. The van der Waals surface area contributed by atoms with Gasteiger partial charge in [-0.15, -0.1) is 0 Å². The molecule has 0 aromatic heterocycles. The lowest BCUT2D eigenvalue weighted by Crippen LogP contribution is -2.46. The van der Waals surface area contributed by atoms with Gasteiger partial charge >= 0.3 is 0 Å². The second-order valence-electron chi connectivity index (χ2n) is 5.81. The predicted octanol–water partition coefficient (Wildman–Crippen LogP) is 3.36. The van der Waals surface area contributed by atoms with Crippen molar-refractivity contribution in [2.75, 3.05) is 11.5 Å². The van der Waals surface area contributed by atoms with Crippen molar-refractivity contribution in [2.45, 2.75) is 51.4 Å². The topological polar surface area (TPSA) is 44.9 Å². The van der Waals surface area contributed by atoms with Gasteiger partial charge in [-0.05, 0) is 36.6 Å². The molecular weight excluding hydrogens is 332 g/mol. The number of halogens is 1. The van der Waals surface area contributed by atoms with Gasteiger partial charge in [0.05, 0.1) is 6.61 Å². The Hall–Kier alpha value is -0.910. The van der Waals surface area contributed by atoms with Gasteiger partial charge in [0.1, 0.15) is 6.23 Å². The van der Waals surface area contributed by atoms with Crippen molar-refractivity contribution in [1.82, 2.24) is 5.32 Å². The molecule has 3 unspecified atom stereocenters. The van der Waals surface area contributed by atoms with Crippen LogP contribution in [-0.2, 0) is 9.53 Å². The van der Waals surface area contributed by atoms with Gasteiger partial charge in [-0.2, -0.15) is 0 Å². The summed E-state index contributed by atoms with van der Waals surface area (Å²) in [6, 6.07) is 6.68. The summed E-state index contributed by atoms with van der Waals surface area (Å²) in [4.78, 5) is 14.1. The number of rotatable bonds is 4. The molecule has 2 aliphatic heterocycles. The van der Waals surface area contributed by atoms with Gasteiger partial charge in [0.25, 0.3) is 0 Å². The zero-order valence-corrected chi connectivity index (χ0v) is 14.0. The van der Waals surface area contributed by atoms with Gasteiger partial charge < -0.3 is 9.64 Å². The van der Waals surface area contributed by atoms with Crippen LogP contribution in [0.4, 0.5) is 5.69 Å². The maximum Gasteiger partial charge on any atom is 0.224 e. The van der Waals surface area contributed by atoms with E-state index in [9.17, 15) is 4.79 Å². The number of carbonyl (C=O) groups is 1. The van der Waals surface area contributed by atoms with Crippen molar-refractivity contribution < 1.29 is 9.53 Å². The number of benzene rings is 1. The first-order valence-electron chi connectivity index (χ1n) is 7.57. The molecule has 1 saturated heterocycles. The first kappa shape index (κ1) is 15.0. The molecule has 0 spiro atoms. The summed E-state index contributed by atoms with van der Waals surface area (Å²) in [7, 11) is 0. The quantitative estimate of drug-likeness (QED) is 0.845. The molecular formula is C16H21BrN2O2. The monoisotopic (exact) mass is 352 g/mol. The lowest BCUT2D eigenvalue weighted by atomic mass is 9.89. The summed E-state index contributed by atoms with van der Waals surface area (Å²) < 4.78 is 6.37. The number of ether oxygens (including phenoxy) is 1. The molecule has 4 nitrogen and oxygen atoms in total. The van der Waals surface area contributed by atoms with Crippen molar-refractivity contribution >= 4 is 27.5 Å². The van der Waals surface area contributed by atoms with Crippen molar-refractivity contribution in [3.8, 4) is 0 Å². The van der Waals surface area contributed by atoms with Crippen LogP contribution < -0.4 is 10.2 Å². The molecule has 1 N–H and O–H groups in total. The molecule has 1 aromatic rings. The van der Waals surface area contributed by atoms with Crippen molar-refractivity contribution in [3.63, 3.8) is 0 Å². The third kappa shape index (κ3) is 3.15. The van der Waals surface area contributed by atoms with E-state index in [0.29, 0.717) is 0 Å². The molecule has 1 aromatic carbocycles. The number of hydrogen-bond donors (Lipinski definition) is 1. The van der Waals surface area contributed by atoms with Crippen LogP contribution in [0.2, 0.25) is 0 Å². The molecule has 2 heterocycles. The molecule has 3 atom stereocenters. The summed E-state index contributed by atoms with van der Waals surface area (Å²) in [6.45, 7) is 4.61. The minimum Gasteiger partial charge on any atom is -0.357 e. The summed E-state index contributed by atoms with van der Waals surface area (Å²) in [5, 5.41) is 3.54. The first-order chi connectivity index (χ1) is 10.1. The summed E-state index contributed by atoms with van der Waals surface area (Å²) in [6.07, 6.45) is 3.22. The second-order valence-corrected chi connectivity index (χ2v) is 6.73. The molecule has 0 aliphatic carbocycles. The zero-order valence-electron chi connectivity index (χ0n) is 12.4. The van der Waals surface area contributed by atoms with Gasteiger partial charge in [0, 0.05) is 29.2 Å². The van der Waals surface area contributed by atoms with E-state index in [1.54, 1.807) is 6.92 Å². The normalized spacial score (nSPS) is 27.4. The number of hydrogen-bond acceptors (Lipinski definition) is 3. The van der Waals surface area contributed by atoms with Crippen LogP contribution >= 0.6 is 15.9 Å². The van der Waals surface area contributed by atoms with Crippen molar-refractivity contribution in [2.24, 2.45) is 0 Å². The van der Waals surface area contributed by atoms with Crippen LogP contribution in [0, 0.1) is 0 Å². The van der Waals surface area contributed by atoms with Crippen LogP contribution in [-0.4, -0.2) is 24.8 Å². The van der Waals surface area contributed by atoms with E-state index in [0.717, 1.165) is 36.0 Å². The summed E-state index contributed by atoms with van der Waals surface area (Å²) in [5.74, 6) is 0.123. The van der Waals surface area contributed by atoms with Gasteiger partial charge in [-0.1, -0.05) is 29.3 Å². The van der Waals surface area contributed by atoms with Crippen molar-refractivity contribution in [1.29, 1.82) is 0 Å². The van der Waals surface area contributed by atoms with Gasteiger partial charge in [0.2, 0.25) is 5.91 Å².